The van der Waals surface area contributed by atoms with Gasteiger partial charge in [-0.05, 0) is 58.5 Å². The van der Waals surface area contributed by atoms with Gasteiger partial charge < -0.3 is 4.42 Å². The van der Waals surface area contributed by atoms with Crippen molar-refractivity contribution in [1.82, 2.24) is 15.0 Å². The van der Waals surface area contributed by atoms with Gasteiger partial charge in [0.15, 0.2) is 17.5 Å². The molecule has 276 valence electrons. The van der Waals surface area contributed by atoms with Crippen molar-refractivity contribution in [3.8, 4) is 45.3 Å². The highest BCUT2D eigenvalue weighted by molar-refractivity contribution is 8.04. The van der Waals surface area contributed by atoms with Gasteiger partial charge in [0.2, 0.25) is 0 Å². The number of thiophene rings is 1. The van der Waals surface area contributed by atoms with Gasteiger partial charge in [-0.1, -0.05) is 147 Å². The highest BCUT2D eigenvalue weighted by atomic mass is 32.2. The smallest absolute Gasteiger partial charge is 0.164 e. The van der Waals surface area contributed by atoms with Crippen LogP contribution in [-0.2, 0) is 0 Å². The SMILES string of the molecule is CC1C2=C(C=CC1c1cc(-c3nc(-c4ccc(-c5ccccc5)cc4)nc(-c4ccc5c(c4)sc4ccccc45)n3)c3c(c1)oc1ccccc13)SC1C=CC=CC21. The molecule has 3 aromatic heterocycles. The Balaban J connectivity index is 1.05. The van der Waals surface area contributed by atoms with E-state index in [1.165, 1.54) is 41.8 Å². The minimum atomic E-state index is 0.162. The lowest BCUT2D eigenvalue weighted by molar-refractivity contribution is 0.543. The zero-order valence-corrected chi connectivity index (χ0v) is 33.2. The van der Waals surface area contributed by atoms with Crippen molar-refractivity contribution in [3.63, 3.8) is 0 Å². The molecule has 4 atom stereocenters. The second kappa shape index (κ2) is 13.4. The van der Waals surface area contributed by atoms with Crippen molar-refractivity contribution in [2.24, 2.45) is 11.8 Å². The number of para-hydroxylation sites is 1. The zero-order valence-electron chi connectivity index (χ0n) is 31.5. The first-order valence-electron chi connectivity index (χ1n) is 19.9. The summed E-state index contributed by atoms with van der Waals surface area (Å²) in [6.45, 7) is 2.39. The fourth-order valence-electron chi connectivity index (χ4n) is 9.28. The number of aromatic nitrogens is 3. The molecule has 4 nitrogen and oxygen atoms in total. The molecule has 0 spiro atoms. The first-order chi connectivity index (χ1) is 28.6. The normalized spacial score (nSPS) is 19.8. The minimum absolute atomic E-state index is 0.162. The van der Waals surface area contributed by atoms with Crippen LogP contribution < -0.4 is 0 Å². The maximum Gasteiger partial charge on any atom is 0.164 e. The van der Waals surface area contributed by atoms with Crippen LogP contribution in [0.5, 0.6) is 0 Å². The Labute approximate surface area is 344 Å². The van der Waals surface area contributed by atoms with E-state index in [1.54, 1.807) is 11.3 Å². The molecule has 9 aromatic rings. The summed E-state index contributed by atoms with van der Waals surface area (Å²) in [6, 6.07) is 47.1. The Bertz CT molecular complexity index is 3240. The summed E-state index contributed by atoms with van der Waals surface area (Å²) in [5.74, 6) is 2.80. The molecule has 0 saturated carbocycles. The van der Waals surface area contributed by atoms with Gasteiger partial charge in [0.25, 0.3) is 0 Å². The summed E-state index contributed by atoms with van der Waals surface area (Å²) < 4.78 is 9.17. The molecule has 0 N–H and O–H groups in total. The molecule has 0 saturated heterocycles. The van der Waals surface area contributed by atoms with Crippen LogP contribution in [-0.4, -0.2) is 20.2 Å². The number of rotatable bonds is 5. The predicted octanol–water partition coefficient (Wildman–Crippen LogP) is 14.2. The Morgan fingerprint density at radius 3 is 2.10 bits per heavy atom. The molecule has 0 radical (unpaired) electrons. The van der Waals surface area contributed by atoms with Crippen LogP contribution in [0.2, 0.25) is 0 Å². The Hall–Kier alpha value is -6.34. The Kier molecular flexibility index (Phi) is 7.79. The van der Waals surface area contributed by atoms with E-state index in [0.29, 0.717) is 34.6 Å². The van der Waals surface area contributed by atoms with Crippen LogP contribution in [0.15, 0.2) is 185 Å². The van der Waals surface area contributed by atoms with E-state index < -0.39 is 0 Å². The first kappa shape index (κ1) is 33.8. The number of furan rings is 1. The van der Waals surface area contributed by atoms with E-state index in [0.717, 1.165) is 44.2 Å². The van der Waals surface area contributed by atoms with Gasteiger partial charge in [0.1, 0.15) is 11.2 Å². The molecule has 58 heavy (non-hydrogen) atoms. The van der Waals surface area contributed by atoms with Crippen LogP contribution in [0.25, 0.3) is 87.4 Å². The fraction of sp³-hybridized carbons (Fsp3) is 0.0962. The van der Waals surface area contributed by atoms with Crippen molar-refractivity contribution < 1.29 is 4.42 Å². The van der Waals surface area contributed by atoms with Crippen molar-refractivity contribution in [1.29, 1.82) is 0 Å². The third-order valence-electron chi connectivity index (χ3n) is 12.1. The number of fused-ring (bicyclic) bond motifs is 8. The third-order valence-corrected chi connectivity index (χ3v) is 14.6. The predicted molar refractivity (Wildman–Crippen MR) is 243 cm³/mol. The molecule has 12 rings (SSSR count). The summed E-state index contributed by atoms with van der Waals surface area (Å²) in [5, 5.41) is 5.05. The molecule has 0 amide bonds. The van der Waals surface area contributed by atoms with Crippen LogP contribution >= 0.6 is 23.1 Å². The number of benzene rings is 6. The second-order valence-electron chi connectivity index (χ2n) is 15.5. The molecule has 0 fully saturated rings. The molecule has 1 aliphatic heterocycles. The molecule has 4 unspecified atom stereocenters. The standard InChI is InChI=1S/C52H35N3OS2/c1-30-36(25-26-46-48(30)40-15-7-10-18-45(40)57-46)35-27-41(49-39-14-5-8-16-42(39)56-43(49)28-35)52-54-50(33-21-19-32(20-22-33)31-11-3-2-4-12-31)53-51(55-52)34-23-24-38-37-13-6-9-17-44(37)58-47(38)29-34/h2-30,36,40,45H,1H3. The van der Waals surface area contributed by atoms with E-state index >= 15 is 0 Å². The lowest BCUT2D eigenvalue weighted by Gasteiger charge is -2.30. The van der Waals surface area contributed by atoms with Crippen molar-refractivity contribution in [2.45, 2.75) is 18.1 Å². The molecule has 6 aromatic carbocycles. The van der Waals surface area contributed by atoms with E-state index in [2.05, 4.69) is 165 Å². The van der Waals surface area contributed by atoms with Crippen LogP contribution in [0.1, 0.15) is 18.4 Å². The fourth-order valence-corrected chi connectivity index (χ4v) is 11.9. The van der Waals surface area contributed by atoms with Crippen LogP contribution in [0, 0.1) is 11.8 Å². The van der Waals surface area contributed by atoms with E-state index in [-0.39, 0.29) is 5.92 Å². The molecule has 6 heteroatoms. The van der Waals surface area contributed by atoms with Crippen molar-refractivity contribution in [3.05, 3.63) is 186 Å². The number of nitrogens with zero attached hydrogens (tertiary/aromatic N) is 3. The van der Waals surface area contributed by atoms with Gasteiger partial charge in [-0.25, -0.2) is 15.0 Å². The van der Waals surface area contributed by atoms with E-state index in [4.69, 9.17) is 19.4 Å². The van der Waals surface area contributed by atoms with Crippen LogP contribution in [0.3, 0.4) is 0 Å². The Morgan fingerprint density at radius 2 is 1.22 bits per heavy atom. The Morgan fingerprint density at radius 1 is 0.534 bits per heavy atom. The summed E-state index contributed by atoms with van der Waals surface area (Å²) in [6.07, 6.45) is 13.9. The summed E-state index contributed by atoms with van der Waals surface area (Å²) >= 11 is 3.80. The largest absolute Gasteiger partial charge is 0.456 e. The molecule has 0 bridgehead atoms. The van der Waals surface area contributed by atoms with E-state index in [9.17, 15) is 0 Å². The summed E-state index contributed by atoms with van der Waals surface area (Å²) in [7, 11) is 0. The van der Waals surface area contributed by atoms with Crippen molar-refractivity contribution >= 4 is 65.2 Å². The maximum atomic E-state index is 6.69. The number of hydrogen-bond donors (Lipinski definition) is 0. The van der Waals surface area contributed by atoms with Crippen molar-refractivity contribution in [2.75, 3.05) is 0 Å². The summed E-state index contributed by atoms with van der Waals surface area (Å²) in [4.78, 5) is 17.3. The number of hydrogen-bond acceptors (Lipinski definition) is 6. The average molecular weight is 782 g/mol. The first-order valence-corrected chi connectivity index (χ1v) is 21.6. The lowest BCUT2D eigenvalue weighted by atomic mass is 9.73. The van der Waals surface area contributed by atoms with Gasteiger partial charge in [0.05, 0.1) is 0 Å². The lowest BCUT2D eigenvalue weighted by Crippen LogP contribution is -2.21. The maximum absolute atomic E-state index is 6.69. The average Bonchev–Trinajstić information content (AvgIpc) is 3.97. The number of thioether (sulfide) groups is 1. The molecule has 2 aliphatic carbocycles. The highest BCUT2D eigenvalue weighted by Crippen LogP contribution is 2.54. The minimum Gasteiger partial charge on any atom is -0.456 e. The topological polar surface area (TPSA) is 51.8 Å². The van der Waals surface area contributed by atoms with Gasteiger partial charge in [-0.3, -0.25) is 0 Å². The van der Waals surface area contributed by atoms with Gasteiger partial charge in [-0.2, -0.15) is 0 Å². The quantitative estimate of drug-likeness (QED) is 0.174. The third kappa shape index (κ3) is 5.47. The molecule has 3 aliphatic rings. The molecular formula is C52H35N3OS2. The monoisotopic (exact) mass is 781 g/mol. The van der Waals surface area contributed by atoms with Crippen LogP contribution in [0.4, 0.5) is 0 Å². The van der Waals surface area contributed by atoms with Gasteiger partial charge >= 0.3 is 0 Å². The highest BCUT2D eigenvalue weighted by Gasteiger charge is 2.39. The summed E-state index contributed by atoms with van der Waals surface area (Å²) in [5.41, 5.74) is 9.59. The van der Waals surface area contributed by atoms with Gasteiger partial charge in [-0.15, -0.1) is 23.1 Å². The number of allylic oxidation sites excluding steroid dienone is 6. The van der Waals surface area contributed by atoms with E-state index in [1.807, 2.05) is 23.9 Å². The molecule has 4 heterocycles. The zero-order chi connectivity index (χ0) is 38.3. The second-order valence-corrected chi connectivity index (χ2v) is 17.8. The van der Waals surface area contributed by atoms with Gasteiger partial charge in [0, 0.05) is 69.6 Å². The molecular weight excluding hydrogens is 747 g/mol.